The Kier molecular flexibility index (Phi) is 3.03. The summed E-state index contributed by atoms with van der Waals surface area (Å²) in [5.74, 6) is 2.89. The van der Waals surface area contributed by atoms with Crippen LogP contribution in [0.3, 0.4) is 0 Å². The summed E-state index contributed by atoms with van der Waals surface area (Å²) in [6.45, 7) is 4.32. The maximum absolute atomic E-state index is 4.76. The van der Waals surface area contributed by atoms with Crippen molar-refractivity contribution in [1.29, 1.82) is 0 Å². The lowest BCUT2D eigenvalue weighted by atomic mass is 10.3. The van der Waals surface area contributed by atoms with Gasteiger partial charge in [0.2, 0.25) is 0 Å². The van der Waals surface area contributed by atoms with E-state index in [1.807, 2.05) is 7.05 Å². The minimum Gasteiger partial charge on any atom is -0.358 e. The molecule has 0 aromatic carbocycles. The topological polar surface area (TPSA) is 32.6 Å². The van der Waals surface area contributed by atoms with Crippen molar-refractivity contribution in [2.45, 2.75) is 19.9 Å². The van der Waals surface area contributed by atoms with Crippen molar-refractivity contribution in [2.75, 3.05) is 25.5 Å². The Balaban J connectivity index is 1.88. The van der Waals surface area contributed by atoms with E-state index < -0.39 is 0 Å². The minimum absolute atomic E-state index is 0.858. The van der Waals surface area contributed by atoms with E-state index in [-0.39, 0.29) is 0 Å². The van der Waals surface area contributed by atoms with Gasteiger partial charge in [0.25, 0.3) is 0 Å². The number of thiazole rings is 1. The van der Waals surface area contributed by atoms with Crippen LogP contribution >= 0.6 is 11.3 Å². The van der Waals surface area contributed by atoms with Crippen molar-refractivity contribution in [1.82, 2.24) is 14.7 Å². The second-order valence-corrected chi connectivity index (χ2v) is 6.19. The molecule has 2 atom stereocenters. The normalized spacial score (nSPS) is 22.6. The quantitative estimate of drug-likeness (QED) is 0.898. The highest BCUT2D eigenvalue weighted by Gasteiger charge is 2.34. The van der Waals surface area contributed by atoms with Crippen molar-refractivity contribution in [3.8, 4) is 0 Å². The number of nitrogens with zero attached hydrogens (tertiary/aromatic N) is 3. The van der Waals surface area contributed by atoms with Gasteiger partial charge in [-0.15, -0.1) is 11.3 Å². The maximum atomic E-state index is 4.76. The molecule has 1 N–H and O–H groups in total. The van der Waals surface area contributed by atoms with Crippen molar-refractivity contribution >= 4 is 22.1 Å². The molecule has 1 aliphatic rings. The fourth-order valence-electron chi connectivity index (χ4n) is 2.55. The van der Waals surface area contributed by atoms with Crippen LogP contribution in [0.25, 0.3) is 4.96 Å². The molecule has 2 heterocycles. The molecule has 4 nitrogen and oxygen atoms in total. The van der Waals surface area contributed by atoms with Crippen molar-refractivity contribution in [2.24, 2.45) is 11.8 Å². The van der Waals surface area contributed by atoms with Gasteiger partial charge in [-0.3, -0.25) is 4.40 Å². The highest BCUT2D eigenvalue weighted by Crippen LogP contribution is 2.39. The summed E-state index contributed by atoms with van der Waals surface area (Å²) >= 11 is 1.70. The van der Waals surface area contributed by atoms with Crippen LogP contribution in [0.1, 0.15) is 19.0 Å². The zero-order valence-electron chi connectivity index (χ0n) is 11.2. The first kappa shape index (κ1) is 12.0. The van der Waals surface area contributed by atoms with Gasteiger partial charge in [0.05, 0.1) is 5.69 Å². The molecule has 2 aromatic rings. The first-order chi connectivity index (χ1) is 8.70. The van der Waals surface area contributed by atoms with E-state index in [9.17, 15) is 0 Å². The number of anilines is 1. The molecular weight excluding hydrogens is 244 g/mol. The van der Waals surface area contributed by atoms with E-state index in [0.717, 1.165) is 35.7 Å². The smallest absolute Gasteiger partial charge is 0.195 e. The van der Waals surface area contributed by atoms with Gasteiger partial charge in [-0.05, 0) is 25.3 Å². The van der Waals surface area contributed by atoms with Gasteiger partial charge >= 0.3 is 0 Å². The average molecular weight is 264 g/mol. The molecule has 0 bridgehead atoms. The number of imidazole rings is 1. The van der Waals surface area contributed by atoms with Crippen molar-refractivity contribution in [3.05, 3.63) is 17.3 Å². The third-order valence-electron chi connectivity index (χ3n) is 3.83. The highest BCUT2D eigenvalue weighted by molar-refractivity contribution is 7.15. The predicted octanol–water partition coefficient (Wildman–Crippen LogP) is 2.21. The van der Waals surface area contributed by atoms with Gasteiger partial charge in [-0.1, -0.05) is 6.92 Å². The molecule has 0 spiro atoms. The van der Waals surface area contributed by atoms with Crippen LogP contribution < -0.4 is 10.2 Å². The zero-order chi connectivity index (χ0) is 12.7. The summed E-state index contributed by atoms with van der Waals surface area (Å²) in [6.07, 6.45) is 3.48. The first-order valence-corrected chi connectivity index (χ1v) is 7.39. The van der Waals surface area contributed by atoms with E-state index >= 15 is 0 Å². The van der Waals surface area contributed by atoms with E-state index in [1.165, 1.54) is 12.1 Å². The summed E-state index contributed by atoms with van der Waals surface area (Å²) in [7, 11) is 4.15. The molecular formula is C13H20N4S. The summed E-state index contributed by atoms with van der Waals surface area (Å²) in [5, 5.41) is 5.33. The van der Waals surface area contributed by atoms with Crippen molar-refractivity contribution in [3.63, 3.8) is 0 Å². The van der Waals surface area contributed by atoms with E-state index in [1.54, 1.807) is 11.3 Å². The third kappa shape index (κ3) is 2.01. The molecule has 98 valence electrons. The lowest BCUT2D eigenvalue weighted by molar-refractivity contribution is 0.710. The Morgan fingerprint density at radius 2 is 2.39 bits per heavy atom. The summed E-state index contributed by atoms with van der Waals surface area (Å²) in [4.78, 5) is 8.17. The van der Waals surface area contributed by atoms with Crippen LogP contribution in [0.4, 0.5) is 5.82 Å². The van der Waals surface area contributed by atoms with Gasteiger partial charge in [-0.25, -0.2) is 4.98 Å². The van der Waals surface area contributed by atoms with Gasteiger partial charge < -0.3 is 10.2 Å². The Morgan fingerprint density at radius 3 is 3.06 bits per heavy atom. The molecule has 1 saturated carbocycles. The fraction of sp³-hybridized carbons (Fsp3) is 0.615. The Hall–Kier alpha value is -1.07. The minimum atomic E-state index is 0.858. The van der Waals surface area contributed by atoms with Crippen LogP contribution in [0, 0.1) is 11.8 Å². The molecule has 18 heavy (non-hydrogen) atoms. The van der Waals surface area contributed by atoms with Crippen LogP contribution in [-0.4, -0.2) is 30.0 Å². The number of hydrogen-bond acceptors (Lipinski definition) is 4. The second kappa shape index (κ2) is 4.55. The molecule has 5 heteroatoms. The summed E-state index contributed by atoms with van der Waals surface area (Å²) < 4.78 is 2.20. The number of hydrogen-bond donors (Lipinski definition) is 1. The van der Waals surface area contributed by atoms with Gasteiger partial charge in [0, 0.05) is 31.7 Å². The van der Waals surface area contributed by atoms with Gasteiger partial charge in [0.15, 0.2) is 10.8 Å². The third-order valence-corrected chi connectivity index (χ3v) is 4.59. The van der Waals surface area contributed by atoms with Crippen LogP contribution in [-0.2, 0) is 6.54 Å². The molecule has 0 saturated heterocycles. The van der Waals surface area contributed by atoms with Gasteiger partial charge in [0.1, 0.15) is 0 Å². The van der Waals surface area contributed by atoms with E-state index in [0.29, 0.717) is 0 Å². The SMILES string of the molecule is CNCc1c(N(C)CC2CC2C)nc2sccn12. The van der Waals surface area contributed by atoms with Crippen LogP contribution in [0.2, 0.25) is 0 Å². The molecule has 0 amide bonds. The average Bonchev–Trinajstić information content (AvgIpc) is 2.79. The molecule has 1 fully saturated rings. The summed E-state index contributed by atoms with van der Waals surface area (Å²) in [5.41, 5.74) is 1.27. The Labute approximate surface area is 112 Å². The first-order valence-electron chi connectivity index (χ1n) is 6.51. The number of fused-ring (bicyclic) bond motifs is 1. The van der Waals surface area contributed by atoms with E-state index in [4.69, 9.17) is 4.98 Å². The number of rotatable bonds is 5. The standard InChI is InChI=1S/C13H20N4S/c1-9-6-10(9)8-16(3)12-11(7-14-2)17-4-5-18-13(17)15-12/h4-5,9-10,14H,6-8H2,1-3H3. The molecule has 2 unspecified atom stereocenters. The van der Waals surface area contributed by atoms with Crippen molar-refractivity contribution < 1.29 is 0 Å². The maximum Gasteiger partial charge on any atom is 0.195 e. The lowest BCUT2D eigenvalue weighted by Gasteiger charge is -2.18. The number of aromatic nitrogens is 2. The Morgan fingerprint density at radius 1 is 1.61 bits per heavy atom. The van der Waals surface area contributed by atoms with Crippen LogP contribution in [0.5, 0.6) is 0 Å². The van der Waals surface area contributed by atoms with E-state index in [2.05, 4.69) is 40.2 Å². The Bertz CT molecular complexity index is 544. The predicted molar refractivity (Wildman–Crippen MR) is 76.4 cm³/mol. The lowest BCUT2D eigenvalue weighted by Crippen LogP contribution is -2.23. The highest BCUT2D eigenvalue weighted by atomic mass is 32.1. The van der Waals surface area contributed by atoms with Gasteiger partial charge in [-0.2, -0.15) is 0 Å². The molecule has 2 aromatic heterocycles. The summed E-state index contributed by atoms with van der Waals surface area (Å²) in [6, 6.07) is 0. The monoisotopic (exact) mass is 264 g/mol. The molecule has 0 radical (unpaired) electrons. The fourth-order valence-corrected chi connectivity index (χ4v) is 3.28. The largest absolute Gasteiger partial charge is 0.358 e. The number of nitrogens with one attached hydrogen (secondary N) is 1. The van der Waals surface area contributed by atoms with Crippen LogP contribution in [0.15, 0.2) is 11.6 Å². The second-order valence-electron chi connectivity index (χ2n) is 5.32. The molecule has 1 aliphatic carbocycles. The molecule has 3 rings (SSSR count). The molecule has 0 aliphatic heterocycles. The zero-order valence-corrected chi connectivity index (χ0v) is 12.0.